The summed E-state index contributed by atoms with van der Waals surface area (Å²) in [4.78, 5) is 2.35. The summed E-state index contributed by atoms with van der Waals surface area (Å²) in [7, 11) is 0. The Morgan fingerprint density at radius 1 is 0.792 bits per heavy atom. The molecule has 1 aliphatic carbocycles. The molecule has 1 nitrogen and oxygen atoms in total. The zero-order valence-corrected chi connectivity index (χ0v) is 13.9. The van der Waals surface area contributed by atoms with Gasteiger partial charge in [0.05, 0.1) is 0 Å². The Morgan fingerprint density at radius 3 is 2.33 bits per heavy atom. The second-order valence-corrected chi connectivity index (χ2v) is 6.41. The minimum absolute atomic E-state index is 0.566. The van der Waals surface area contributed by atoms with E-state index in [2.05, 4.69) is 103 Å². The Balaban J connectivity index is 1.86. The van der Waals surface area contributed by atoms with E-state index in [4.69, 9.17) is 0 Å². The van der Waals surface area contributed by atoms with Gasteiger partial charge in [-0.05, 0) is 53.5 Å². The van der Waals surface area contributed by atoms with Gasteiger partial charge in [0, 0.05) is 17.1 Å². The number of allylic oxidation sites excluding steroid dienone is 3. The molecule has 1 aliphatic rings. The van der Waals surface area contributed by atoms with Crippen molar-refractivity contribution < 1.29 is 0 Å². The van der Waals surface area contributed by atoms with Crippen LogP contribution in [-0.4, -0.2) is 0 Å². The van der Waals surface area contributed by atoms with Gasteiger partial charge in [-0.15, -0.1) is 0 Å². The van der Waals surface area contributed by atoms with E-state index in [-0.39, 0.29) is 0 Å². The molecule has 0 radical (unpaired) electrons. The molecular weight excluding hydrogens is 290 g/mol. The molecule has 0 amide bonds. The summed E-state index contributed by atoms with van der Waals surface area (Å²) in [6.07, 6.45) is 7.99. The smallest absolute Gasteiger partial charge is 0.0467 e. The van der Waals surface area contributed by atoms with Crippen LogP contribution in [0.3, 0.4) is 0 Å². The Kier molecular flexibility index (Phi) is 3.92. The van der Waals surface area contributed by atoms with Gasteiger partial charge in [-0.25, -0.2) is 0 Å². The van der Waals surface area contributed by atoms with E-state index in [1.807, 2.05) is 0 Å². The van der Waals surface area contributed by atoms with E-state index >= 15 is 0 Å². The van der Waals surface area contributed by atoms with Crippen LogP contribution in [-0.2, 0) is 0 Å². The van der Waals surface area contributed by atoms with Crippen LogP contribution in [0.2, 0.25) is 0 Å². The second-order valence-electron chi connectivity index (χ2n) is 6.41. The monoisotopic (exact) mass is 311 g/mol. The molecule has 4 rings (SSSR count). The second kappa shape index (κ2) is 6.37. The number of nitrogens with zero attached hydrogens (tertiary/aromatic N) is 1. The van der Waals surface area contributed by atoms with Crippen molar-refractivity contribution >= 4 is 22.1 Å². The van der Waals surface area contributed by atoms with Crippen molar-refractivity contribution in [3.63, 3.8) is 0 Å². The standard InChI is InChI=1S/C23H21N/c1-18-8-7-13-22(16-18)24(21-11-3-2-4-12-21)23-15-14-19-9-5-6-10-20(19)17-23/h2-7,9-18H,8H2,1H3. The van der Waals surface area contributed by atoms with Crippen molar-refractivity contribution in [2.45, 2.75) is 13.3 Å². The molecular formula is C23H21N. The van der Waals surface area contributed by atoms with E-state index in [1.54, 1.807) is 0 Å². The maximum atomic E-state index is 2.36. The molecule has 118 valence electrons. The third-order valence-electron chi connectivity index (χ3n) is 4.52. The van der Waals surface area contributed by atoms with Crippen LogP contribution in [0.4, 0.5) is 11.4 Å². The molecule has 1 atom stereocenters. The summed E-state index contributed by atoms with van der Waals surface area (Å²) in [6, 6.07) is 25.8. The first-order valence-electron chi connectivity index (χ1n) is 8.53. The molecule has 0 fully saturated rings. The van der Waals surface area contributed by atoms with Crippen LogP contribution in [0.25, 0.3) is 10.8 Å². The molecule has 0 spiro atoms. The molecule has 0 saturated heterocycles. The van der Waals surface area contributed by atoms with Crippen LogP contribution in [0.15, 0.2) is 96.7 Å². The van der Waals surface area contributed by atoms with Gasteiger partial charge in [0.2, 0.25) is 0 Å². The Labute approximate surface area is 143 Å². The third kappa shape index (κ3) is 2.85. The third-order valence-corrected chi connectivity index (χ3v) is 4.52. The fourth-order valence-corrected chi connectivity index (χ4v) is 3.31. The summed E-state index contributed by atoms with van der Waals surface area (Å²) < 4.78 is 0. The van der Waals surface area contributed by atoms with Gasteiger partial charge in [0.25, 0.3) is 0 Å². The lowest BCUT2D eigenvalue weighted by Crippen LogP contribution is -2.17. The molecule has 0 aromatic heterocycles. The highest BCUT2D eigenvalue weighted by atomic mass is 15.1. The molecule has 0 aliphatic heterocycles. The van der Waals surface area contributed by atoms with Crippen molar-refractivity contribution in [2.24, 2.45) is 5.92 Å². The predicted octanol–water partition coefficient (Wildman–Crippen LogP) is 6.46. The molecule has 1 unspecified atom stereocenters. The fraction of sp³-hybridized carbons (Fsp3) is 0.130. The topological polar surface area (TPSA) is 3.24 Å². The fourth-order valence-electron chi connectivity index (χ4n) is 3.31. The van der Waals surface area contributed by atoms with E-state index in [1.165, 1.54) is 27.8 Å². The highest BCUT2D eigenvalue weighted by molar-refractivity contribution is 5.87. The van der Waals surface area contributed by atoms with Crippen molar-refractivity contribution in [1.82, 2.24) is 0 Å². The van der Waals surface area contributed by atoms with Gasteiger partial charge in [0.15, 0.2) is 0 Å². The lowest BCUT2D eigenvalue weighted by molar-refractivity contribution is 0.726. The summed E-state index contributed by atoms with van der Waals surface area (Å²) in [5, 5.41) is 2.54. The quantitative estimate of drug-likeness (QED) is 0.536. The van der Waals surface area contributed by atoms with Gasteiger partial charge in [-0.2, -0.15) is 0 Å². The minimum Gasteiger partial charge on any atom is -0.311 e. The first-order chi connectivity index (χ1) is 11.8. The lowest BCUT2D eigenvalue weighted by Gasteiger charge is -2.29. The number of fused-ring (bicyclic) bond motifs is 1. The Hall–Kier alpha value is -2.80. The summed E-state index contributed by atoms with van der Waals surface area (Å²) >= 11 is 0. The molecule has 0 N–H and O–H groups in total. The van der Waals surface area contributed by atoms with Gasteiger partial charge in [-0.3, -0.25) is 0 Å². The highest BCUT2D eigenvalue weighted by Gasteiger charge is 2.16. The molecule has 0 heterocycles. The predicted molar refractivity (Wildman–Crippen MR) is 104 cm³/mol. The van der Waals surface area contributed by atoms with Crippen molar-refractivity contribution in [1.29, 1.82) is 0 Å². The average molecular weight is 311 g/mol. The van der Waals surface area contributed by atoms with Crippen LogP contribution in [0.5, 0.6) is 0 Å². The Morgan fingerprint density at radius 2 is 1.54 bits per heavy atom. The molecule has 0 bridgehead atoms. The molecule has 3 aromatic carbocycles. The van der Waals surface area contributed by atoms with E-state index < -0.39 is 0 Å². The van der Waals surface area contributed by atoms with Crippen LogP contribution >= 0.6 is 0 Å². The largest absolute Gasteiger partial charge is 0.311 e. The summed E-state index contributed by atoms with van der Waals surface area (Å²) in [6.45, 7) is 2.27. The highest BCUT2D eigenvalue weighted by Crippen LogP contribution is 2.34. The first kappa shape index (κ1) is 14.8. The Bertz CT molecular complexity index is 905. The van der Waals surface area contributed by atoms with E-state index in [0.717, 1.165) is 6.42 Å². The lowest BCUT2D eigenvalue weighted by atomic mass is 10.00. The normalized spacial score (nSPS) is 16.9. The van der Waals surface area contributed by atoms with Gasteiger partial charge in [0.1, 0.15) is 0 Å². The SMILES string of the molecule is CC1C=C(N(c2ccccc2)c2ccc3ccccc3c2)C=CC1. The van der Waals surface area contributed by atoms with Crippen LogP contribution in [0, 0.1) is 5.92 Å². The zero-order chi connectivity index (χ0) is 16.4. The first-order valence-corrected chi connectivity index (χ1v) is 8.53. The van der Waals surface area contributed by atoms with Crippen LogP contribution in [0.1, 0.15) is 13.3 Å². The van der Waals surface area contributed by atoms with Crippen molar-refractivity contribution in [2.75, 3.05) is 4.90 Å². The number of anilines is 2. The van der Waals surface area contributed by atoms with E-state index in [9.17, 15) is 0 Å². The maximum absolute atomic E-state index is 2.36. The average Bonchev–Trinajstić information content (AvgIpc) is 2.63. The molecule has 1 heteroatoms. The van der Waals surface area contributed by atoms with Gasteiger partial charge < -0.3 is 4.90 Å². The number of hydrogen-bond acceptors (Lipinski definition) is 1. The molecule has 0 saturated carbocycles. The van der Waals surface area contributed by atoms with Gasteiger partial charge in [-0.1, -0.05) is 67.6 Å². The van der Waals surface area contributed by atoms with Crippen molar-refractivity contribution in [3.8, 4) is 0 Å². The number of para-hydroxylation sites is 1. The van der Waals surface area contributed by atoms with Crippen LogP contribution < -0.4 is 4.90 Å². The number of hydrogen-bond donors (Lipinski definition) is 0. The summed E-state index contributed by atoms with van der Waals surface area (Å²) in [5.41, 5.74) is 3.64. The van der Waals surface area contributed by atoms with E-state index in [0.29, 0.717) is 5.92 Å². The molecule has 3 aromatic rings. The molecule has 24 heavy (non-hydrogen) atoms. The minimum atomic E-state index is 0.566. The van der Waals surface area contributed by atoms with Crippen molar-refractivity contribution in [3.05, 3.63) is 96.7 Å². The zero-order valence-electron chi connectivity index (χ0n) is 13.9. The maximum Gasteiger partial charge on any atom is 0.0467 e. The summed E-state index contributed by atoms with van der Waals surface area (Å²) in [5.74, 6) is 0.566. The number of rotatable bonds is 3. The van der Waals surface area contributed by atoms with Gasteiger partial charge >= 0.3 is 0 Å². The number of benzene rings is 3.